The van der Waals surface area contributed by atoms with Gasteiger partial charge < -0.3 is 9.97 Å². The van der Waals surface area contributed by atoms with Gasteiger partial charge in [-0.3, -0.25) is 0 Å². The summed E-state index contributed by atoms with van der Waals surface area (Å²) < 4.78 is 0. The first-order valence-electron chi connectivity index (χ1n) is 9.65. The van der Waals surface area contributed by atoms with Crippen LogP contribution < -0.4 is 0 Å². The third-order valence-corrected chi connectivity index (χ3v) is 5.09. The Kier molecular flexibility index (Phi) is 6.13. The van der Waals surface area contributed by atoms with Gasteiger partial charge in [0.05, 0.1) is 0 Å². The molecule has 0 fully saturated rings. The maximum atomic E-state index is 4.55. The first-order chi connectivity index (χ1) is 14.4. The van der Waals surface area contributed by atoms with Gasteiger partial charge in [-0.1, -0.05) is 35.9 Å². The summed E-state index contributed by atoms with van der Waals surface area (Å²) in [6.45, 7) is 0. The van der Waals surface area contributed by atoms with Crippen LogP contribution in [0, 0.1) is 12.1 Å². The van der Waals surface area contributed by atoms with Crippen LogP contribution in [0.25, 0.3) is 33.3 Å². The second-order valence-corrected chi connectivity index (χ2v) is 6.91. The quantitative estimate of drug-likeness (QED) is 0.225. The van der Waals surface area contributed by atoms with Crippen LogP contribution in [0.15, 0.2) is 97.3 Å². The van der Waals surface area contributed by atoms with Crippen molar-refractivity contribution in [1.82, 2.24) is 9.97 Å². The van der Waals surface area contributed by atoms with Gasteiger partial charge in [-0.05, 0) is 40.7 Å². The van der Waals surface area contributed by atoms with Crippen molar-refractivity contribution in [3.05, 3.63) is 121 Å². The number of fused-ring (bicyclic) bond motifs is 2. The van der Waals surface area contributed by atoms with E-state index < -0.39 is 0 Å². The van der Waals surface area contributed by atoms with Crippen molar-refractivity contribution in [3.63, 3.8) is 0 Å². The standard InChI is InChI=1S/C16H10N.C11H8N.Ir/c1-2-7-14-12(4-1)10-13-6-3-5-11-8-9-17-16(14)15(11)13;1-2-6-10(7-3-1)11-8-4-5-9-12-11;/h1-6,8-9H,10H2;1-6,8-9H;/q2*-1;. The molecule has 0 N–H and O–H groups in total. The summed E-state index contributed by atoms with van der Waals surface area (Å²) in [5, 5.41) is 2.57. The van der Waals surface area contributed by atoms with Gasteiger partial charge >= 0.3 is 0 Å². The Labute approximate surface area is 190 Å². The van der Waals surface area contributed by atoms with Crippen LogP contribution in [-0.2, 0) is 26.5 Å². The zero-order valence-electron chi connectivity index (χ0n) is 16.2. The summed E-state index contributed by atoms with van der Waals surface area (Å²) in [6.07, 6.45) is 4.66. The van der Waals surface area contributed by atoms with Gasteiger partial charge in [0.1, 0.15) is 0 Å². The summed E-state index contributed by atoms with van der Waals surface area (Å²) in [4.78, 5) is 8.77. The van der Waals surface area contributed by atoms with Crippen molar-refractivity contribution >= 4 is 10.8 Å². The van der Waals surface area contributed by atoms with Gasteiger partial charge in [0.2, 0.25) is 0 Å². The molecule has 2 aromatic heterocycles. The molecule has 0 aliphatic heterocycles. The fourth-order valence-electron chi connectivity index (χ4n) is 3.76. The molecule has 0 amide bonds. The van der Waals surface area contributed by atoms with E-state index in [9.17, 15) is 0 Å². The smallest absolute Gasteiger partial charge is 0.0167 e. The maximum Gasteiger partial charge on any atom is 0.0167 e. The molecular weight excluding hydrogens is 545 g/mol. The van der Waals surface area contributed by atoms with E-state index in [-0.39, 0.29) is 20.1 Å². The number of pyridine rings is 2. The van der Waals surface area contributed by atoms with E-state index in [1.165, 1.54) is 21.9 Å². The second kappa shape index (κ2) is 9.13. The van der Waals surface area contributed by atoms with Gasteiger partial charge in [-0.2, -0.15) is 0 Å². The van der Waals surface area contributed by atoms with Crippen LogP contribution in [-0.4, -0.2) is 9.97 Å². The van der Waals surface area contributed by atoms with E-state index >= 15 is 0 Å². The van der Waals surface area contributed by atoms with Crippen molar-refractivity contribution in [2.75, 3.05) is 0 Å². The summed E-state index contributed by atoms with van der Waals surface area (Å²) >= 11 is 0. The van der Waals surface area contributed by atoms with Gasteiger partial charge in [-0.25, -0.2) is 0 Å². The molecule has 3 aromatic carbocycles. The first-order valence-corrected chi connectivity index (χ1v) is 9.65. The molecule has 1 radical (unpaired) electrons. The Bertz CT molecular complexity index is 1230. The number of rotatable bonds is 1. The molecule has 0 spiro atoms. The minimum absolute atomic E-state index is 0. The summed E-state index contributed by atoms with van der Waals surface area (Å²) in [6, 6.07) is 34.9. The summed E-state index contributed by atoms with van der Waals surface area (Å²) in [5.74, 6) is 0. The molecule has 3 heteroatoms. The topological polar surface area (TPSA) is 25.8 Å². The van der Waals surface area contributed by atoms with E-state index in [2.05, 4.69) is 52.4 Å². The molecule has 0 unspecified atom stereocenters. The van der Waals surface area contributed by atoms with Crippen molar-refractivity contribution in [3.8, 4) is 22.5 Å². The molecule has 0 bridgehead atoms. The molecular formula is C27H18IrN2-2. The van der Waals surface area contributed by atoms with Gasteiger partial charge in [0, 0.05) is 32.5 Å². The third kappa shape index (κ3) is 3.95. The average Bonchev–Trinajstić information content (AvgIpc) is 2.81. The molecule has 5 aromatic rings. The Hall–Kier alpha value is -3.13. The van der Waals surface area contributed by atoms with Crippen molar-refractivity contribution < 1.29 is 20.1 Å². The Morgan fingerprint density at radius 2 is 1.53 bits per heavy atom. The Morgan fingerprint density at radius 3 is 2.37 bits per heavy atom. The normalized spacial score (nSPS) is 10.9. The van der Waals surface area contributed by atoms with Gasteiger partial charge in [0.25, 0.3) is 0 Å². The Morgan fingerprint density at radius 1 is 0.667 bits per heavy atom. The maximum absolute atomic E-state index is 4.55. The predicted molar refractivity (Wildman–Crippen MR) is 117 cm³/mol. The van der Waals surface area contributed by atoms with E-state index in [0.29, 0.717) is 0 Å². The van der Waals surface area contributed by atoms with Gasteiger partial charge in [0.15, 0.2) is 0 Å². The first kappa shape index (κ1) is 20.2. The van der Waals surface area contributed by atoms with Crippen LogP contribution in [0.3, 0.4) is 0 Å². The zero-order valence-corrected chi connectivity index (χ0v) is 18.6. The van der Waals surface area contributed by atoms with Crippen LogP contribution in [0.5, 0.6) is 0 Å². The van der Waals surface area contributed by atoms with E-state index in [1.54, 1.807) is 6.20 Å². The van der Waals surface area contributed by atoms with E-state index in [1.807, 2.05) is 60.8 Å². The van der Waals surface area contributed by atoms with Crippen LogP contribution in [0.4, 0.5) is 0 Å². The van der Waals surface area contributed by atoms with Crippen LogP contribution in [0.2, 0.25) is 0 Å². The van der Waals surface area contributed by atoms with Crippen LogP contribution in [0.1, 0.15) is 11.1 Å². The minimum Gasteiger partial charge on any atom is -0.305 e. The molecule has 2 nitrogen and oxygen atoms in total. The number of hydrogen-bond acceptors (Lipinski definition) is 2. The summed E-state index contributed by atoms with van der Waals surface area (Å²) in [5.41, 5.74) is 6.96. The van der Waals surface area contributed by atoms with E-state index in [4.69, 9.17) is 0 Å². The van der Waals surface area contributed by atoms with Crippen molar-refractivity contribution in [1.29, 1.82) is 0 Å². The molecule has 0 saturated carbocycles. The number of hydrogen-bond donors (Lipinski definition) is 0. The number of aromatic nitrogens is 2. The van der Waals surface area contributed by atoms with Crippen LogP contribution >= 0.6 is 0 Å². The number of benzene rings is 3. The fraction of sp³-hybridized carbons (Fsp3) is 0.0370. The molecule has 0 saturated heterocycles. The molecule has 0 atom stereocenters. The SMILES string of the molecule is [Ir].[c-]1cccc2c1-c1nccc3cccc(c13)C2.[c-]1ccccc1-c1ccccn1. The predicted octanol–water partition coefficient (Wildman–Crippen LogP) is 6.15. The van der Waals surface area contributed by atoms with E-state index in [0.717, 1.165) is 28.9 Å². The molecule has 6 rings (SSSR count). The largest absolute Gasteiger partial charge is 0.305 e. The molecule has 30 heavy (non-hydrogen) atoms. The zero-order chi connectivity index (χ0) is 19.5. The summed E-state index contributed by atoms with van der Waals surface area (Å²) in [7, 11) is 0. The fourth-order valence-corrected chi connectivity index (χ4v) is 3.76. The van der Waals surface area contributed by atoms with Gasteiger partial charge in [-0.15, -0.1) is 71.3 Å². The number of nitrogens with zero attached hydrogens (tertiary/aromatic N) is 2. The molecule has 1 aliphatic carbocycles. The second-order valence-electron chi connectivity index (χ2n) is 6.91. The third-order valence-electron chi connectivity index (χ3n) is 5.09. The molecule has 1 aliphatic rings. The average molecular weight is 563 g/mol. The molecule has 147 valence electrons. The van der Waals surface area contributed by atoms with Crippen molar-refractivity contribution in [2.45, 2.75) is 6.42 Å². The minimum atomic E-state index is 0. The van der Waals surface area contributed by atoms with Crippen molar-refractivity contribution in [2.24, 2.45) is 0 Å². The monoisotopic (exact) mass is 563 g/mol. The Balaban J connectivity index is 0.000000149. The molecule has 2 heterocycles.